The number of halogens is 2. The molecule has 0 heterocycles. The van der Waals surface area contributed by atoms with Crippen LogP contribution in [-0.2, 0) is 32.6 Å². The van der Waals surface area contributed by atoms with Crippen LogP contribution in [0, 0.1) is 5.82 Å². The third-order valence-corrected chi connectivity index (χ3v) is 10.9. The second kappa shape index (κ2) is 16.9. The van der Waals surface area contributed by atoms with E-state index in [1.807, 2.05) is 30.3 Å². The van der Waals surface area contributed by atoms with E-state index in [1.165, 1.54) is 80.8 Å². The molecule has 0 bridgehead atoms. The van der Waals surface area contributed by atoms with Crippen molar-refractivity contribution in [2.45, 2.75) is 55.6 Å². The highest BCUT2D eigenvalue weighted by Gasteiger charge is 2.37. The van der Waals surface area contributed by atoms with Gasteiger partial charge in [-0.1, -0.05) is 73.0 Å². The molecular weight excluding hydrogens is 697 g/mol. The summed E-state index contributed by atoms with van der Waals surface area (Å²) in [4.78, 5) is 30.0. The Bertz CT molecular complexity index is 1940. The van der Waals surface area contributed by atoms with Crippen LogP contribution in [0.1, 0.15) is 36.8 Å². The maximum atomic E-state index is 15.2. The smallest absolute Gasteiger partial charge is 0.265 e. The van der Waals surface area contributed by atoms with Crippen molar-refractivity contribution in [2.75, 3.05) is 32.2 Å². The summed E-state index contributed by atoms with van der Waals surface area (Å²) in [6, 6.07) is 22.4. The van der Waals surface area contributed by atoms with Crippen molar-refractivity contribution in [2.24, 2.45) is 0 Å². The van der Waals surface area contributed by atoms with Gasteiger partial charge in [-0.25, -0.2) is 12.8 Å². The molecule has 1 fully saturated rings. The lowest BCUT2D eigenvalue weighted by Gasteiger charge is -2.34. The number of hydrogen-bond donors (Lipinski definition) is 1. The number of carbonyl (C=O) groups is 2. The minimum Gasteiger partial charge on any atom is -0.495 e. The lowest BCUT2D eigenvalue weighted by molar-refractivity contribution is -0.140. The molecule has 1 aliphatic carbocycles. The molecule has 0 radical (unpaired) electrons. The van der Waals surface area contributed by atoms with Crippen molar-refractivity contribution >= 4 is 39.1 Å². The molecule has 1 N–H and O–H groups in total. The van der Waals surface area contributed by atoms with Crippen LogP contribution >= 0.6 is 11.6 Å². The van der Waals surface area contributed by atoms with Crippen molar-refractivity contribution in [3.63, 3.8) is 0 Å². The standard InChI is InChI=1S/C38H41ClFN3O7S/c1-48-34-19-17-28(39)22-32(34)43(51(46,47)30-18-20-35(49-2)36(23-30)50-3)25-37(44)42(24-27-13-7-10-16-31(27)40)33(21-26-11-5-4-6-12-26)38(45)41-29-14-8-9-15-29/h4-7,10-13,16-20,22-23,29,33H,8-9,14-15,21,24-25H2,1-3H3,(H,41,45)/t33-/m1/s1. The first-order chi connectivity index (χ1) is 24.5. The number of hydrogen-bond acceptors (Lipinski definition) is 7. The van der Waals surface area contributed by atoms with Gasteiger partial charge in [-0.15, -0.1) is 0 Å². The van der Waals surface area contributed by atoms with Gasteiger partial charge in [-0.3, -0.25) is 13.9 Å². The first-order valence-electron chi connectivity index (χ1n) is 16.5. The fraction of sp³-hybridized carbons (Fsp3) is 0.316. The van der Waals surface area contributed by atoms with Crippen molar-refractivity contribution < 1.29 is 36.6 Å². The Balaban J connectivity index is 1.63. The summed E-state index contributed by atoms with van der Waals surface area (Å²) >= 11 is 6.38. The van der Waals surface area contributed by atoms with Gasteiger partial charge >= 0.3 is 0 Å². The summed E-state index contributed by atoms with van der Waals surface area (Å²) in [6.07, 6.45) is 3.64. The number of benzene rings is 4. The number of nitrogens with zero attached hydrogens (tertiary/aromatic N) is 2. The van der Waals surface area contributed by atoms with Crippen LogP contribution in [0.25, 0.3) is 0 Å². The Hall–Kier alpha value is -4.81. The number of carbonyl (C=O) groups excluding carboxylic acids is 2. The zero-order valence-corrected chi connectivity index (χ0v) is 30.3. The minimum atomic E-state index is -4.56. The highest BCUT2D eigenvalue weighted by molar-refractivity contribution is 7.92. The molecule has 1 atom stereocenters. The molecule has 2 amide bonds. The van der Waals surface area contributed by atoms with Crippen molar-refractivity contribution in [3.05, 3.63) is 113 Å². The predicted molar refractivity (Wildman–Crippen MR) is 193 cm³/mol. The van der Waals surface area contributed by atoms with Crippen LogP contribution in [0.2, 0.25) is 5.02 Å². The van der Waals surface area contributed by atoms with Gasteiger partial charge in [0.1, 0.15) is 24.2 Å². The van der Waals surface area contributed by atoms with E-state index in [1.54, 1.807) is 6.07 Å². The molecule has 1 aliphatic rings. The van der Waals surface area contributed by atoms with Gasteiger partial charge in [0.2, 0.25) is 11.8 Å². The minimum absolute atomic E-state index is 0.0195. The molecule has 0 aliphatic heterocycles. The predicted octanol–water partition coefficient (Wildman–Crippen LogP) is 6.40. The van der Waals surface area contributed by atoms with E-state index in [-0.39, 0.29) is 51.7 Å². The molecule has 0 spiro atoms. The van der Waals surface area contributed by atoms with E-state index >= 15 is 4.39 Å². The molecule has 51 heavy (non-hydrogen) atoms. The molecule has 270 valence electrons. The third kappa shape index (κ3) is 8.92. The highest BCUT2D eigenvalue weighted by atomic mass is 35.5. The maximum Gasteiger partial charge on any atom is 0.265 e. The summed E-state index contributed by atoms with van der Waals surface area (Å²) < 4.78 is 61.5. The molecule has 0 aromatic heterocycles. The van der Waals surface area contributed by atoms with Gasteiger partial charge in [0.25, 0.3) is 10.0 Å². The summed E-state index contributed by atoms with van der Waals surface area (Å²) in [7, 11) is -0.395. The van der Waals surface area contributed by atoms with E-state index in [0.29, 0.717) is 5.75 Å². The average molecular weight is 738 g/mol. The first-order valence-corrected chi connectivity index (χ1v) is 18.3. The maximum absolute atomic E-state index is 15.2. The quantitative estimate of drug-likeness (QED) is 0.150. The Morgan fingerprint density at radius 2 is 1.51 bits per heavy atom. The highest BCUT2D eigenvalue weighted by Crippen LogP contribution is 2.37. The summed E-state index contributed by atoms with van der Waals surface area (Å²) in [6.45, 7) is -1.10. The molecule has 13 heteroatoms. The van der Waals surface area contributed by atoms with Gasteiger partial charge in [-0.05, 0) is 54.8 Å². The Kier molecular flexibility index (Phi) is 12.4. The molecule has 1 saturated carbocycles. The van der Waals surface area contributed by atoms with Crippen LogP contribution in [0.5, 0.6) is 17.2 Å². The molecule has 0 saturated heterocycles. The fourth-order valence-electron chi connectivity index (χ4n) is 6.21. The largest absolute Gasteiger partial charge is 0.495 e. The summed E-state index contributed by atoms with van der Waals surface area (Å²) in [5.41, 5.74) is 0.905. The lowest BCUT2D eigenvalue weighted by Crippen LogP contribution is -2.54. The van der Waals surface area contributed by atoms with Gasteiger partial charge in [0, 0.05) is 35.7 Å². The number of rotatable bonds is 15. The third-order valence-electron chi connectivity index (χ3n) is 8.90. The SMILES string of the molecule is COc1ccc(S(=O)(=O)N(CC(=O)N(Cc2ccccc2F)[C@H](Cc2ccccc2)C(=O)NC2CCCC2)c2cc(Cl)ccc2OC)cc1OC. The summed E-state index contributed by atoms with van der Waals surface area (Å²) in [5.74, 6) is -1.17. The zero-order chi connectivity index (χ0) is 36.5. The van der Waals surface area contributed by atoms with Crippen LogP contribution in [0.4, 0.5) is 10.1 Å². The molecule has 10 nitrogen and oxygen atoms in total. The van der Waals surface area contributed by atoms with Gasteiger partial charge in [0.05, 0.1) is 31.9 Å². The lowest BCUT2D eigenvalue weighted by atomic mass is 10.0. The monoisotopic (exact) mass is 737 g/mol. The van der Waals surface area contributed by atoms with Crippen molar-refractivity contribution in [1.29, 1.82) is 0 Å². The van der Waals surface area contributed by atoms with E-state index in [2.05, 4.69) is 5.32 Å². The van der Waals surface area contributed by atoms with Crippen LogP contribution in [0.15, 0.2) is 95.9 Å². The average Bonchev–Trinajstić information content (AvgIpc) is 3.65. The number of nitrogens with one attached hydrogen (secondary N) is 1. The Labute approximate surface area is 303 Å². The number of ether oxygens (including phenoxy) is 3. The molecule has 4 aromatic rings. The topological polar surface area (TPSA) is 114 Å². The Morgan fingerprint density at radius 1 is 0.863 bits per heavy atom. The van der Waals surface area contributed by atoms with Gasteiger partial charge in [-0.2, -0.15) is 0 Å². The number of anilines is 1. The molecule has 5 rings (SSSR count). The van der Waals surface area contributed by atoms with Crippen LogP contribution in [0.3, 0.4) is 0 Å². The van der Waals surface area contributed by atoms with Crippen LogP contribution < -0.4 is 23.8 Å². The van der Waals surface area contributed by atoms with Crippen molar-refractivity contribution in [3.8, 4) is 17.2 Å². The van der Waals surface area contributed by atoms with E-state index in [9.17, 15) is 18.0 Å². The number of amides is 2. The molecular formula is C38H41ClFN3O7S. The Morgan fingerprint density at radius 3 is 2.18 bits per heavy atom. The van der Waals surface area contributed by atoms with Crippen LogP contribution in [-0.4, -0.2) is 65.1 Å². The van der Waals surface area contributed by atoms with Crippen molar-refractivity contribution in [1.82, 2.24) is 10.2 Å². The van der Waals surface area contributed by atoms with Gasteiger partial charge < -0.3 is 24.4 Å². The summed E-state index contributed by atoms with van der Waals surface area (Å²) in [5, 5.41) is 3.29. The second-order valence-corrected chi connectivity index (χ2v) is 14.5. The number of sulfonamides is 1. The molecule has 0 unspecified atom stereocenters. The fourth-order valence-corrected chi connectivity index (χ4v) is 7.81. The van der Waals surface area contributed by atoms with E-state index in [0.717, 1.165) is 35.6 Å². The first kappa shape index (κ1) is 37.4. The zero-order valence-electron chi connectivity index (χ0n) is 28.7. The normalized spacial score (nSPS) is 13.7. The van der Waals surface area contributed by atoms with E-state index < -0.39 is 40.2 Å². The van der Waals surface area contributed by atoms with Gasteiger partial charge in [0.15, 0.2) is 11.5 Å². The van der Waals surface area contributed by atoms with E-state index in [4.69, 9.17) is 25.8 Å². The number of methoxy groups -OCH3 is 3. The second-order valence-electron chi connectivity index (χ2n) is 12.2. The molecule has 4 aromatic carbocycles.